The van der Waals surface area contributed by atoms with Gasteiger partial charge in [0.15, 0.2) is 5.96 Å². The number of guanidine groups is 1. The van der Waals surface area contributed by atoms with Crippen molar-refractivity contribution in [3.63, 3.8) is 0 Å². The lowest BCUT2D eigenvalue weighted by Gasteiger charge is -2.33. The third kappa shape index (κ3) is 6.68. The van der Waals surface area contributed by atoms with Gasteiger partial charge in [0, 0.05) is 57.1 Å². The van der Waals surface area contributed by atoms with E-state index in [4.69, 9.17) is 4.99 Å². The van der Waals surface area contributed by atoms with Gasteiger partial charge in [0.1, 0.15) is 0 Å². The summed E-state index contributed by atoms with van der Waals surface area (Å²) < 4.78 is 0. The van der Waals surface area contributed by atoms with Crippen LogP contribution in [0.3, 0.4) is 0 Å². The first-order valence-corrected chi connectivity index (χ1v) is 10.0. The molecule has 144 valence electrons. The maximum absolute atomic E-state index is 4.73. The van der Waals surface area contributed by atoms with Gasteiger partial charge in [-0.2, -0.15) is 0 Å². The zero-order valence-electron chi connectivity index (χ0n) is 16.3. The van der Waals surface area contributed by atoms with Crippen molar-refractivity contribution in [1.82, 2.24) is 20.5 Å². The molecular weight excluding hydrogens is 334 g/mol. The summed E-state index contributed by atoms with van der Waals surface area (Å²) in [7, 11) is 0. The van der Waals surface area contributed by atoms with Crippen LogP contribution in [0.5, 0.6) is 0 Å². The Hall–Kier alpha value is -2.40. The molecule has 2 N–H and O–H groups in total. The fourth-order valence-electron chi connectivity index (χ4n) is 3.42. The molecule has 5 heteroatoms. The number of aliphatic imine (C=N–C) groups is 1. The first-order chi connectivity index (χ1) is 13.3. The van der Waals surface area contributed by atoms with Crippen molar-refractivity contribution < 1.29 is 0 Å². The summed E-state index contributed by atoms with van der Waals surface area (Å²) >= 11 is 0. The van der Waals surface area contributed by atoms with Gasteiger partial charge in [-0.25, -0.2) is 0 Å². The Kier molecular flexibility index (Phi) is 7.66. The molecule has 0 radical (unpaired) electrons. The summed E-state index contributed by atoms with van der Waals surface area (Å²) in [6.07, 6.45) is 5.01. The first kappa shape index (κ1) is 19.4. The summed E-state index contributed by atoms with van der Waals surface area (Å²) in [6.45, 7) is 7.03. The van der Waals surface area contributed by atoms with Crippen LogP contribution in [0.15, 0.2) is 59.7 Å². The van der Waals surface area contributed by atoms with Gasteiger partial charge in [0.2, 0.25) is 0 Å². The number of hydrogen-bond donors (Lipinski definition) is 2. The summed E-state index contributed by atoms with van der Waals surface area (Å²) in [5.74, 6) is 0.926. The van der Waals surface area contributed by atoms with E-state index in [2.05, 4.69) is 63.8 Å². The molecule has 0 atom stereocenters. The molecule has 1 saturated heterocycles. The number of pyridine rings is 1. The highest BCUT2D eigenvalue weighted by Crippen LogP contribution is 2.13. The number of piperidine rings is 1. The Morgan fingerprint density at radius 3 is 2.59 bits per heavy atom. The zero-order chi connectivity index (χ0) is 18.7. The Labute approximate surface area is 162 Å². The highest BCUT2D eigenvalue weighted by Gasteiger charge is 2.19. The number of rotatable bonds is 7. The summed E-state index contributed by atoms with van der Waals surface area (Å²) in [5, 5.41) is 6.99. The van der Waals surface area contributed by atoms with Crippen LogP contribution in [-0.2, 0) is 13.0 Å². The molecule has 1 fully saturated rings. The molecule has 5 nitrogen and oxygen atoms in total. The highest BCUT2D eigenvalue weighted by atomic mass is 15.2. The van der Waals surface area contributed by atoms with Crippen LogP contribution in [-0.4, -0.2) is 48.1 Å². The molecule has 0 aliphatic carbocycles. The predicted octanol–water partition coefficient (Wildman–Crippen LogP) is 2.84. The Morgan fingerprint density at radius 2 is 1.89 bits per heavy atom. The van der Waals surface area contributed by atoms with Crippen molar-refractivity contribution in [3.8, 4) is 0 Å². The lowest BCUT2D eigenvalue weighted by Crippen LogP contribution is -2.48. The molecule has 2 heterocycles. The number of likely N-dealkylation sites (tertiary alicyclic amines) is 1. The Bertz CT molecular complexity index is 678. The van der Waals surface area contributed by atoms with E-state index in [1.165, 1.54) is 5.56 Å². The molecule has 3 rings (SSSR count). The second-order valence-corrected chi connectivity index (χ2v) is 7.01. The van der Waals surface area contributed by atoms with E-state index in [9.17, 15) is 0 Å². The fraction of sp³-hybridized carbons (Fsp3) is 0.455. The van der Waals surface area contributed by atoms with E-state index in [0.717, 1.165) is 63.6 Å². The van der Waals surface area contributed by atoms with E-state index >= 15 is 0 Å². The van der Waals surface area contributed by atoms with Crippen molar-refractivity contribution >= 4 is 5.96 Å². The van der Waals surface area contributed by atoms with Gasteiger partial charge in [-0.1, -0.05) is 36.4 Å². The predicted molar refractivity (Wildman–Crippen MR) is 112 cm³/mol. The standard InChI is InChI=1S/C22H31N5/c1-2-23-22(25-15-11-20-10-6-7-14-24-20)26-21-12-16-27(17-13-21)18-19-8-4-3-5-9-19/h3-10,14,21H,2,11-13,15-18H2,1H3,(H2,23,25,26). The molecule has 1 aliphatic heterocycles. The second kappa shape index (κ2) is 10.7. The van der Waals surface area contributed by atoms with Gasteiger partial charge >= 0.3 is 0 Å². The smallest absolute Gasteiger partial charge is 0.191 e. The highest BCUT2D eigenvalue weighted by molar-refractivity contribution is 5.80. The minimum absolute atomic E-state index is 0.490. The van der Waals surface area contributed by atoms with E-state index in [1.807, 2.05) is 18.3 Å². The summed E-state index contributed by atoms with van der Waals surface area (Å²) in [5.41, 5.74) is 2.49. The number of nitrogens with one attached hydrogen (secondary N) is 2. The van der Waals surface area contributed by atoms with Crippen molar-refractivity contribution in [2.45, 2.75) is 38.8 Å². The van der Waals surface area contributed by atoms with E-state index in [0.29, 0.717) is 6.04 Å². The van der Waals surface area contributed by atoms with Gasteiger partial charge < -0.3 is 10.6 Å². The Balaban J connectivity index is 1.44. The minimum atomic E-state index is 0.490. The van der Waals surface area contributed by atoms with Gasteiger partial charge in [-0.05, 0) is 37.5 Å². The summed E-state index contributed by atoms with van der Waals surface area (Å²) in [6, 6.07) is 17.3. The molecule has 1 aromatic heterocycles. The summed E-state index contributed by atoms with van der Waals surface area (Å²) in [4.78, 5) is 11.6. The van der Waals surface area contributed by atoms with Gasteiger partial charge in [-0.15, -0.1) is 0 Å². The topological polar surface area (TPSA) is 52.6 Å². The minimum Gasteiger partial charge on any atom is -0.357 e. The Morgan fingerprint density at radius 1 is 1.11 bits per heavy atom. The normalized spacial score (nSPS) is 16.3. The van der Waals surface area contributed by atoms with Crippen LogP contribution < -0.4 is 10.6 Å². The van der Waals surface area contributed by atoms with E-state index in [1.54, 1.807) is 0 Å². The van der Waals surface area contributed by atoms with E-state index in [-0.39, 0.29) is 0 Å². The van der Waals surface area contributed by atoms with Crippen molar-refractivity contribution in [2.24, 2.45) is 4.99 Å². The van der Waals surface area contributed by atoms with Gasteiger partial charge in [-0.3, -0.25) is 14.9 Å². The second-order valence-electron chi connectivity index (χ2n) is 7.01. The average molecular weight is 366 g/mol. The largest absolute Gasteiger partial charge is 0.357 e. The fourth-order valence-corrected chi connectivity index (χ4v) is 3.42. The van der Waals surface area contributed by atoms with Crippen LogP contribution in [0.25, 0.3) is 0 Å². The van der Waals surface area contributed by atoms with E-state index < -0.39 is 0 Å². The molecule has 2 aromatic rings. The van der Waals surface area contributed by atoms with Crippen molar-refractivity contribution in [1.29, 1.82) is 0 Å². The van der Waals surface area contributed by atoms with Crippen LogP contribution in [0, 0.1) is 0 Å². The molecule has 0 spiro atoms. The number of hydrogen-bond acceptors (Lipinski definition) is 3. The molecular formula is C22H31N5. The van der Waals surface area contributed by atoms with Gasteiger partial charge in [0.05, 0.1) is 0 Å². The zero-order valence-corrected chi connectivity index (χ0v) is 16.3. The van der Waals surface area contributed by atoms with Crippen LogP contribution >= 0.6 is 0 Å². The molecule has 1 aliphatic rings. The van der Waals surface area contributed by atoms with Crippen LogP contribution in [0.4, 0.5) is 0 Å². The molecule has 0 bridgehead atoms. The van der Waals surface area contributed by atoms with Gasteiger partial charge in [0.25, 0.3) is 0 Å². The SMILES string of the molecule is CCNC(=NCCc1ccccn1)NC1CCN(Cc2ccccc2)CC1. The maximum Gasteiger partial charge on any atom is 0.191 e. The number of nitrogens with zero attached hydrogens (tertiary/aromatic N) is 3. The molecule has 0 saturated carbocycles. The monoisotopic (exact) mass is 365 g/mol. The third-order valence-electron chi connectivity index (χ3n) is 4.89. The molecule has 0 unspecified atom stereocenters. The lowest BCUT2D eigenvalue weighted by atomic mass is 10.0. The first-order valence-electron chi connectivity index (χ1n) is 10.0. The maximum atomic E-state index is 4.73. The van der Waals surface area contributed by atoms with Crippen molar-refractivity contribution in [2.75, 3.05) is 26.2 Å². The average Bonchev–Trinajstić information content (AvgIpc) is 2.71. The molecule has 1 aromatic carbocycles. The molecule has 27 heavy (non-hydrogen) atoms. The lowest BCUT2D eigenvalue weighted by molar-refractivity contribution is 0.198. The quantitative estimate of drug-likeness (QED) is 0.585. The van der Waals surface area contributed by atoms with Crippen LogP contribution in [0.2, 0.25) is 0 Å². The van der Waals surface area contributed by atoms with Crippen LogP contribution in [0.1, 0.15) is 31.0 Å². The van der Waals surface area contributed by atoms with Crippen molar-refractivity contribution in [3.05, 3.63) is 66.0 Å². The third-order valence-corrected chi connectivity index (χ3v) is 4.89. The number of aromatic nitrogens is 1. The molecule has 0 amide bonds. The number of benzene rings is 1.